The fourth-order valence-electron chi connectivity index (χ4n) is 2.82. The number of benzene rings is 2. The molecule has 134 valence electrons. The third-order valence-corrected chi connectivity index (χ3v) is 4.15. The Balaban J connectivity index is 1.56. The van der Waals surface area contributed by atoms with Gasteiger partial charge >= 0.3 is 12.1 Å². The molecule has 1 heterocycles. The summed E-state index contributed by atoms with van der Waals surface area (Å²) in [5.41, 5.74) is 0.479. The summed E-state index contributed by atoms with van der Waals surface area (Å²) >= 11 is 0. The van der Waals surface area contributed by atoms with E-state index in [4.69, 9.17) is 9.47 Å². The van der Waals surface area contributed by atoms with E-state index in [1.54, 1.807) is 54.6 Å². The topological polar surface area (TPSA) is 72.9 Å². The van der Waals surface area contributed by atoms with Crippen molar-refractivity contribution in [2.45, 2.75) is 18.9 Å². The highest BCUT2D eigenvalue weighted by atomic mass is 16.6. The first-order valence-corrected chi connectivity index (χ1v) is 8.43. The largest absolute Gasteiger partial charge is 0.456 e. The number of ketones is 1. The molecule has 0 saturated carbocycles. The van der Waals surface area contributed by atoms with Gasteiger partial charge in [0.25, 0.3) is 0 Å². The van der Waals surface area contributed by atoms with Crippen LogP contribution in [0.5, 0.6) is 5.75 Å². The third-order valence-electron chi connectivity index (χ3n) is 4.15. The van der Waals surface area contributed by atoms with Gasteiger partial charge in [-0.05, 0) is 25.0 Å². The summed E-state index contributed by atoms with van der Waals surface area (Å²) in [4.78, 5) is 38.0. The minimum atomic E-state index is -0.727. The zero-order valence-electron chi connectivity index (χ0n) is 14.2. The normalized spacial score (nSPS) is 16.2. The molecule has 3 rings (SSSR count). The van der Waals surface area contributed by atoms with E-state index in [9.17, 15) is 14.4 Å². The Kier molecular flexibility index (Phi) is 5.63. The van der Waals surface area contributed by atoms with Gasteiger partial charge in [0.15, 0.2) is 12.4 Å². The number of Topliss-reactive ketones (excluding diaryl/α,β-unsaturated/α-hetero) is 1. The van der Waals surface area contributed by atoms with Crippen LogP contribution in [0, 0.1) is 0 Å². The van der Waals surface area contributed by atoms with Crippen LogP contribution in [0.1, 0.15) is 23.2 Å². The summed E-state index contributed by atoms with van der Waals surface area (Å²) < 4.78 is 10.4. The summed E-state index contributed by atoms with van der Waals surface area (Å²) in [6, 6.07) is 16.6. The average molecular weight is 353 g/mol. The number of hydrogen-bond acceptors (Lipinski definition) is 5. The summed E-state index contributed by atoms with van der Waals surface area (Å²) in [6.07, 6.45) is 0.573. The van der Waals surface area contributed by atoms with Crippen LogP contribution < -0.4 is 4.74 Å². The number of carbonyl (C=O) groups is 3. The zero-order chi connectivity index (χ0) is 18.4. The number of hydrogen-bond donors (Lipinski definition) is 0. The predicted molar refractivity (Wildman–Crippen MR) is 93.9 cm³/mol. The molecule has 6 heteroatoms. The molecular formula is C20H19NO5. The van der Waals surface area contributed by atoms with Gasteiger partial charge in [-0.1, -0.05) is 48.5 Å². The van der Waals surface area contributed by atoms with Crippen molar-refractivity contribution in [2.75, 3.05) is 13.2 Å². The van der Waals surface area contributed by atoms with Crippen LogP contribution in [0.2, 0.25) is 0 Å². The van der Waals surface area contributed by atoms with E-state index < -0.39 is 18.1 Å². The predicted octanol–water partition coefficient (Wildman–Crippen LogP) is 3.08. The van der Waals surface area contributed by atoms with Crippen LogP contribution in [0.25, 0.3) is 0 Å². The van der Waals surface area contributed by atoms with Crippen molar-refractivity contribution in [3.05, 3.63) is 66.2 Å². The minimum Gasteiger partial charge on any atom is -0.456 e. The van der Waals surface area contributed by atoms with Gasteiger partial charge in [-0.25, -0.2) is 9.59 Å². The second kappa shape index (κ2) is 8.29. The van der Waals surface area contributed by atoms with Crippen LogP contribution in [0.4, 0.5) is 4.79 Å². The van der Waals surface area contributed by atoms with Gasteiger partial charge in [-0.3, -0.25) is 9.69 Å². The molecule has 0 N–H and O–H groups in total. The van der Waals surface area contributed by atoms with Crippen LogP contribution in [0.3, 0.4) is 0 Å². The maximum atomic E-state index is 12.3. The number of esters is 1. The fraction of sp³-hybridized carbons (Fsp3) is 0.250. The standard InChI is InChI=1S/C20H19NO5/c22-18(15-8-3-1-4-9-15)14-25-19(23)17-12-7-13-21(17)20(24)26-16-10-5-2-6-11-16/h1-6,8-11,17H,7,12-14H2/t17-/m1/s1. The molecule has 0 unspecified atom stereocenters. The van der Waals surface area contributed by atoms with E-state index in [1.165, 1.54) is 4.90 Å². The summed E-state index contributed by atoms with van der Waals surface area (Å²) in [7, 11) is 0. The van der Waals surface area contributed by atoms with E-state index in [1.807, 2.05) is 6.07 Å². The van der Waals surface area contributed by atoms with E-state index in [0.29, 0.717) is 30.7 Å². The van der Waals surface area contributed by atoms with Gasteiger partial charge < -0.3 is 9.47 Å². The van der Waals surface area contributed by atoms with Gasteiger partial charge in [-0.2, -0.15) is 0 Å². The molecule has 2 aromatic rings. The van der Waals surface area contributed by atoms with Crippen molar-refractivity contribution in [1.82, 2.24) is 4.90 Å². The second-order valence-corrected chi connectivity index (χ2v) is 5.93. The van der Waals surface area contributed by atoms with E-state index in [-0.39, 0.29) is 12.4 Å². The molecule has 0 spiro atoms. The third kappa shape index (κ3) is 4.27. The van der Waals surface area contributed by atoms with Crippen LogP contribution >= 0.6 is 0 Å². The maximum absolute atomic E-state index is 12.3. The lowest BCUT2D eigenvalue weighted by molar-refractivity contribution is -0.147. The first kappa shape index (κ1) is 17.7. The first-order valence-electron chi connectivity index (χ1n) is 8.43. The van der Waals surface area contributed by atoms with Crippen molar-refractivity contribution in [1.29, 1.82) is 0 Å². The lowest BCUT2D eigenvalue weighted by Crippen LogP contribution is -2.43. The van der Waals surface area contributed by atoms with Crippen LogP contribution in [-0.4, -0.2) is 41.9 Å². The first-order chi connectivity index (χ1) is 12.6. The lowest BCUT2D eigenvalue weighted by Gasteiger charge is -2.22. The highest BCUT2D eigenvalue weighted by Gasteiger charge is 2.36. The van der Waals surface area contributed by atoms with Crippen molar-refractivity contribution in [2.24, 2.45) is 0 Å². The highest BCUT2D eigenvalue weighted by molar-refractivity contribution is 5.98. The summed E-state index contributed by atoms with van der Waals surface area (Å²) in [6.45, 7) is 0.0684. The molecule has 26 heavy (non-hydrogen) atoms. The molecule has 1 saturated heterocycles. The molecule has 1 aliphatic heterocycles. The molecule has 0 aromatic heterocycles. The molecule has 1 atom stereocenters. The number of likely N-dealkylation sites (tertiary alicyclic amines) is 1. The Bertz CT molecular complexity index is 775. The highest BCUT2D eigenvalue weighted by Crippen LogP contribution is 2.21. The molecule has 0 aliphatic carbocycles. The molecule has 0 radical (unpaired) electrons. The maximum Gasteiger partial charge on any atom is 0.415 e. The average Bonchev–Trinajstić information content (AvgIpc) is 3.17. The number of carbonyl (C=O) groups excluding carboxylic acids is 3. The number of amides is 1. The SMILES string of the molecule is O=C(COC(=O)[C@H]1CCCN1C(=O)Oc1ccccc1)c1ccccc1. The van der Waals surface area contributed by atoms with E-state index in [2.05, 4.69) is 0 Å². The molecule has 1 amide bonds. The molecule has 2 aromatic carbocycles. The Labute approximate surface area is 151 Å². The Morgan fingerprint density at radius 2 is 1.62 bits per heavy atom. The van der Waals surface area contributed by atoms with E-state index in [0.717, 1.165) is 0 Å². The summed E-state index contributed by atoms with van der Waals surface area (Å²) in [5.74, 6) is -0.456. The monoisotopic (exact) mass is 353 g/mol. The molecule has 1 aliphatic rings. The smallest absolute Gasteiger partial charge is 0.415 e. The zero-order valence-corrected chi connectivity index (χ0v) is 14.2. The number of rotatable bonds is 5. The van der Waals surface area contributed by atoms with Crippen LogP contribution in [-0.2, 0) is 9.53 Å². The Morgan fingerprint density at radius 3 is 2.31 bits per heavy atom. The summed E-state index contributed by atoms with van der Waals surface area (Å²) in [5, 5.41) is 0. The minimum absolute atomic E-state index is 0.282. The van der Waals surface area contributed by atoms with Gasteiger partial charge in [0, 0.05) is 12.1 Å². The number of nitrogens with zero attached hydrogens (tertiary/aromatic N) is 1. The second-order valence-electron chi connectivity index (χ2n) is 5.93. The molecule has 0 bridgehead atoms. The molecule has 1 fully saturated rings. The van der Waals surface area contributed by atoms with Crippen molar-refractivity contribution >= 4 is 17.8 Å². The Hall–Kier alpha value is -3.15. The Morgan fingerprint density at radius 1 is 0.962 bits per heavy atom. The van der Waals surface area contributed by atoms with Crippen molar-refractivity contribution in [3.63, 3.8) is 0 Å². The van der Waals surface area contributed by atoms with Gasteiger partial charge in [-0.15, -0.1) is 0 Å². The molecular weight excluding hydrogens is 334 g/mol. The van der Waals surface area contributed by atoms with E-state index >= 15 is 0 Å². The van der Waals surface area contributed by atoms with Crippen molar-refractivity contribution in [3.8, 4) is 5.75 Å². The van der Waals surface area contributed by atoms with Gasteiger partial charge in [0.05, 0.1) is 0 Å². The quantitative estimate of drug-likeness (QED) is 0.610. The number of para-hydroxylation sites is 1. The van der Waals surface area contributed by atoms with Crippen LogP contribution in [0.15, 0.2) is 60.7 Å². The lowest BCUT2D eigenvalue weighted by atomic mass is 10.1. The van der Waals surface area contributed by atoms with Crippen molar-refractivity contribution < 1.29 is 23.9 Å². The number of ether oxygens (including phenoxy) is 2. The molecule has 6 nitrogen and oxygen atoms in total. The van der Waals surface area contributed by atoms with Gasteiger partial charge in [0.1, 0.15) is 11.8 Å². The van der Waals surface area contributed by atoms with Gasteiger partial charge in [0.2, 0.25) is 0 Å². The fourth-order valence-corrected chi connectivity index (χ4v) is 2.82.